The molecule has 3 heterocycles. The maximum atomic E-state index is 4.49. The van der Waals surface area contributed by atoms with Crippen molar-refractivity contribution in [1.29, 1.82) is 0 Å². The zero-order chi connectivity index (χ0) is 17.0. The average molecular weight is 456 g/mol. The predicted octanol–water partition coefficient (Wildman–Crippen LogP) is 3.32. The van der Waals surface area contributed by atoms with E-state index < -0.39 is 0 Å². The van der Waals surface area contributed by atoms with Gasteiger partial charge in [-0.05, 0) is 36.8 Å². The first-order chi connectivity index (χ1) is 11.6. The van der Waals surface area contributed by atoms with E-state index in [0.29, 0.717) is 12.0 Å². The Morgan fingerprint density at radius 1 is 1.36 bits per heavy atom. The Hall–Kier alpha value is -1.38. The molecule has 0 bridgehead atoms. The molecule has 7 heteroatoms. The van der Waals surface area contributed by atoms with Crippen LogP contribution in [0.15, 0.2) is 29.4 Å². The van der Waals surface area contributed by atoms with Gasteiger partial charge in [0.25, 0.3) is 0 Å². The van der Waals surface area contributed by atoms with Crippen molar-refractivity contribution in [3.05, 3.63) is 30.2 Å². The average Bonchev–Trinajstić information content (AvgIpc) is 2.99. The molecule has 1 saturated heterocycles. The molecule has 1 unspecified atom stereocenters. The summed E-state index contributed by atoms with van der Waals surface area (Å²) in [6.45, 7) is 7.44. The van der Waals surface area contributed by atoms with Gasteiger partial charge in [-0.25, -0.2) is 0 Å². The van der Waals surface area contributed by atoms with E-state index in [2.05, 4.69) is 39.3 Å². The summed E-state index contributed by atoms with van der Waals surface area (Å²) in [6.07, 6.45) is 7.04. The van der Waals surface area contributed by atoms with Crippen LogP contribution in [0.3, 0.4) is 0 Å². The number of hydrogen-bond donors (Lipinski definition) is 1. The van der Waals surface area contributed by atoms with Gasteiger partial charge in [0.15, 0.2) is 17.4 Å². The number of nitrogens with zero attached hydrogens (tertiary/aromatic N) is 5. The predicted molar refractivity (Wildman–Crippen MR) is 112 cm³/mol. The van der Waals surface area contributed by atoms with Gasteiger partial charge in [0.1, 0.15) is 0 Å². The van der Waals surface area contributed by atoms with Crippen LogP contribution in [0.1, 0.15) is 45.4 Å². The summed E-state index contributed by atoms with van der Waals surface area (Å²) in [7, 11) is 1.86. The number of guanidine groups is 1. The maximum absolute atomic E-state index is 4.49. The summed E-state index contributed by atoms with van der Waals surface area (Å²) >= 11 is 0. The minimum Gasteiger partial charge on any atom is -0.349 e. The number of piperidine rings is 1. The largest absolute Gasteiger partial charge is 0.349 e. The quantitative estimate of drug-likeness (QED) is 0.436. The van der Waals surface area contributed by atoms with E-state index in [1.165, 1.54) is 25.7 Å². The summed E-state index contributed by atoms with van der Waals surface area (Å²) in [5.41, 5.74) is 1.27. The number of halogens is 1. The molecule has 0 aliphatic carbocycles. The van der Waals surface area contributed by atoms with Crippen LogP contribution < -0.4 is 5.32 Å². The molecule has 138 valence electrons. The fourth-order valence-electron chi connectivity index (χ4n) is 3.81. The van der Waals surface area contributed by atoms with Gasteiger partial charge in [-0.2, -0.15) is 0 Å². The topological polar surface area (TPSA) is 57.8 Å². The first-order valence-corrected chi connectivity index (χ1v) is 8.89. The smallest absolute Gasteiger partial charge is 0.194 e. The summed E-state index contributed by atoms with van der Waals surface area (Å²) in [4.78, 5) is 6.88. The fourth-order valence-corrected chi connectivity index (χ4v) is 3.81. The van der Waals surface area contributed by atoms with Gasteiger partial charge in [-0.15, -0.1) is 34.2 Å². The second-order valence-electron chi connectivity index (χ2n) is 7.03. The highest BCUT2D eigenvalue weighted by molar-refractivity contribution is 14.0. The zero-order valence-electron chi connectivity index (χ0n) is 15.4. The summed E-state index contributed by atoms with van der Waals surface area (Å²) in [5.74, 6) is 1.87. The number of aromatic nitrogens is 3. The number of rotatable bonds is 4. The molecule has 1 atom stereocenters. The van der Waals surface area contributed by atoms with E-state index in [9.17, 15) is 0 Å². The van der Waals surface area contributed by atoms with Crippen LogP contribution in [0.5, 0.6) is 0 Å². The number of likely N-dealkylation sites (tertiary alicyclic amines) is 1. The van der Waals surface area contributed by atoms with E-state index in [0.717, 1.165) is 30.5 Å². The standard InChI is InChI=1S/C18H28N6.HI/c1-4-9-18(2)10-7-11-23(14-18)17(19-3)20-13-16-22-21-15-8-5-6-12-24(15)16;/h5-6,8,12H,4,7,9-11,13-14H2,1-3H3,(H,19,20);1H. The number of pyridine rings is 1. The Kier molecular flexibility index (Phi) is 7.04. The van der Waals surface area contributed by atoms with Crippen molar-refractivity contribution in [2.45, 2.75) is 46.1 Å². The highest BCUT2D eigenvalue weighted by Crippen LogP contribution is 2.33. The van der Waals surface area contributed by atoms with Gasteiger partial charge >= 0.3 is 0 Å². The Balaban J connectivity index is 0.00000225. The Labute approximate surface area is 167 Å². The van der Waals surface area contributed by atoms with Crippen molar-refractivity contribution in [2.24, 2.45) is 10.4 Å². The molecule has 6 nitrogen and oxygen atoms in total. The van der Waals surface area contributed by atoms with Crippen LogP contribution in [0.25, 0.3) is 5.65 Å². The first-order valence-electron chi connectivity index (χ1n) is 8.89. The molecule has 1 aliphatic rings. The lowest BCUT2D eigenvalue weighted by atomic mass is 9.78. The van der Waals surface area contributed by atoms with Crippen molar-refractivity contribution in [1.82, 2.24) is 24.8 Å². The van der Waals surface area contributed by atoms with E-state index in [1.807, 2.05) is 35.8 Å². The van der Waals surface area contributed by atoms with Gasteiger partial charge in [0.2, 0.25) is 0 Å². The summed E-state index contributed by atoms with van der Waals surface area (Å²) in [6, 6.07) is 5.93. The van der Waals surface area contributed by atoms with Crippen molar-refractivity contribution in [2.75, 3.05) is 20.1 Å². The third-order valence-corrected chi connectivity index (χ3v) is 4.93. The molecule has 2 aromatic heterocycles. The highest BCUT2D eigenvalue weighted by Gasteiger charge is 2.31. The van der Waals surface area contributed by atoms with Gasteiger partial charge in [0.05, 0.1) is 6.54 Å². The van der Waals surface area contributed by atoms with Crippen LogP contribution in [-0.2, 0) is 6.54 Å². The summed E-state index contributed by atoms with van der Waals surface area (Å²) in [5, 5.41) is 11.9. The molecule has 1 fully saturated rings. The zero-order valence-corrected chi connectivity index (χ0v) is 17.7. The lowest BCUT2D eigenvalue weighted by Gasteiger charge is -2.42. The van der Waals surface area contributed by atoms with E-state index in [4.69, 9.17) is 0 Å². The molecule has 0 radical (unpaired) electrons. The van der Waals surface area contributed by atoms with Crippen LogP contribution in [0.2, 0.25) is 0 Å². The van der Waals surface area contributed by atoms with Crippen molar-refractivity contribution in [3.63, 3.8) is 0 Å². The SMILES string of the molecule is CCCC1(C)CCCN(C(=NC)NCc2nnc3ccccn23)C1.I. The Morgan fingerprint density at radius 2 is 2.20 bits per heavy atom. The van der Waals surface area contributed by atoms with Gasteiger partial charge in [-0.1, -0.05) is 26.3 Å². The third kappa shape index (κ3) is 4.62. The molecule has 0 saturated carbocycles. The number of hydrogen-bond acceptors (Lipinski definition) is 3. The molecule has 1 N–H and O–H groups in total. The van der Waals surface area contributed by atoms with Crippen molar-refractivity contribution < 1.29 is 0 Å². The van der Waals surface area contributed by atoms with Crippen LogP contribution in [0, 0.1) is 5.41 Å². The first kappa shape index (κ1) is 19.9. The minimum absolute atomic E-state index is 0. The Morgan fingerprint density at radius 3 is 2.96 bits per heavy atom. The van der Waals surface area contributed by atoms with Gasteiger partial charge in [-0.3, -0.25) is 9.39 Å². The molecule has 0 aromatic carbocycles. The van der Waals surface area contributed by atoms with Gasteiger partial charge < -0.3 is 10.2 Å². The normalized spacial score (nSPS) is 21.2. The fraction of sp³-hybridized carbons (Fsp3) is 0.611. The van der Waals surface area contributed by atoms with Crippen molar-refractivity contribution >= 4 is 35.6 Å². The lowest BCUT2D eigenvalue weighted by molar-refractivity contribution is 0.142. The molecule has 3 rings (SSSR count). The third-order valence-electron chi connectivity index (χ3n) is 4.93. The van der Waals surface area contributed by atoms with Crippen LogP contribution in [0.4, 0.5) is 0 Å². The monoisotopic (exact) mass is 456 g/mol. The van der Waals surface area contributed by atoms with E-state index in [1.54, 1.807) is 0 Å². The molecule has 0 spiro atoms. The van der Waals surface area contributed by atoms with Crippen LogP contribution >= 0.6 is 24.0 Å². The maximum Gasteiger partial charge on any atom is 0.194 e. The molecule has 1 aliphatic heterocycles. The second kappa shape index (κ2) is 8.82. The summed E-state index contributed by atoms with van der Waals surface area (Å²) < 4.78 is 2.01. The number of nitrogens with one attached hydrogen (secondary N) is 1. The minimum atomic E-state index is 0. The number of fused-ring (bicyclic) bond motifs is 1. The molecule has 25 heavy (non-hydrogen) atoms. The molecule has 0 amide bonds. The van der Waals surface area contributed by atoms with Crippen molar-refractivity contribution in [3.8, 4) is 0 Å². The Bertz CT molecular complexity index is 708. The van der Waals surface area contributed by atoms with Crippen LogP contribution in [-0.4, -0.2) is 45.6 Å². The second-order valence-corrected chi connectivity index (χ2v) is 7.03. The van der Waals surface area contributed by atoms with Gasteiger partial charge in [0, 0.05) is 26.3 Å². The van der Waals surface area contributed by atoms with E-state index in [-0.39, 0.29) is 24.0 Å². The van der Waals surface area contributed by atoms with E-state index >= 15 is 0 Å². The molecular weight excluding hydrogens is 427 g/mol. The highest BCUT2D eigenvalue weighted by atomic mass is 127. The molecular formula is C18H29IN6. The molecule has 2 aromatic rings. The number of aliphatic imine (C=N–C) groups is 1. The lowest BCUT2D eigenvalue weighted by Crippen LogP contribution is -2.49.